The summed E-state index contributed by atoms with van der Waals surface area (Å²) in [5.74, 6) is 0.783. The molecule has 0 aliphatic carbocycles. The molecule has 0 radical (unpaired) electrons. The van der Waals surface area contributed by atoms with Crippen molar-refractivity contribution in [1.29, 1.82) is 0 Å². The average Bonchev–Trinajstić information content (AvgIpc) is 2.80. The van der Waals surface area contributed by atoms with Crippen LogP contribution in [0.15, 0.2) is 48.1 Å². The minimum atomic E-state index is 0.549. The molecule has 3 aromatic rings. The molecule has 0 fully saturated rings. The highest BCUT2D eigenvalue weighted by Gasteiger charge is 2.05. The van der Waals surface area contributed by atoms with Gasteiger partial charge in [0.15, 0.2) is 0 Å². The molecule has 0 aliphatic rings. The summed E-state index contributed by atoms with van der Waals surface area (Å²) in [7, 11) is 0. The minimum absolute atomic E-state index is 0.549. The van der Waals surface area contributed by atoms with Crippen molar-refractivity contribution < 1.29 is 4.74 Å². The van der Waals surface area contributed by atoms with Crippen LogP contribution >= 0.6 is 22.9 Å². The Bertz CT molecular complexity index is 666. The molecule has 1 aromatic carbocycles. The Morgan fingerprint density at radius 2 is 2.22 bits per heavy atom. The maximum Gasteiger partial charge on any atom is 0.138 e. The van der Waals surface area contributed by atoms with Gasteiger partial charge in [-0.25, -0.2) is 0 Å². The van der Waals surface area contributed by atoms with E-state index in [-0.39, 0.29) is 0 Å². The maximum atomic E-state index is 5.97. The molecule has 0 aliphatic heterocycles. The molecule has 0 saturated carbocycles. The van der Waals surface area contributed by atoms with Gasteiger partial charge >= 0.3 is 0 Å². The van der Waals surface area contributed by atoms with Gasteiger partial charge in [0.05, 0.1) is 6.20 Å². The predicted octanol–water partition coefficient (Wildman–Crippen LogP) is 4.53. The zero-order chi connectivity index (χ0) is 12.4. The summed E-state index contributed by atoms with van der Waals surface area (Å²) in [6.07, 6.45) is 3.44. The maximum absolute atomic E-state index is 5.97. The number of pyridine rings is 1. The molecule has 3 rings (SSSR count). The zero-order valence-corrected chi connectivity index (χ0v) is 11.0. The van der Waals surface area contributed by atoms with Crippen molar-refractivity contribution in [1.82, 2.24) is 4.98 Å². The summed E-state index contributed by atoms with van der Waals surface area (Å²) < 4.78 is 6.89. The lowest BCUT2D eigenvalue weighted by Gasteiger charge is -2.04. The summed E-state index contributed by atoms with van der Waals surface area (Å²) in [5.41, 5.74) is 1.18. The number of rotatable bonds is 3. The van der Waals surface area contributed by atoms with Crippen LogP contribution in [-0.2, 0) is 6.61 Å². The number of ether oxygens (including phenoxy) is 1. The number of nitrogens with zero attached hydrogens (tertiary/aromatic N) is 1. The molecular formula is C14H10ClNOS. The first kappa shape index (κ1) is 11.5. The number of hydrogen-bond donors (Lipinski definition) is 0. The van der Waals surface area contributed by atoms with E-state index in [1.54, 1.807) is 23.7 Å². The molecule has 4 heteroatoms. The van der Waals surface area contributed by atoms with E-state index in [0.717, 1.165) is 10.8 Å². The van der Waals surface area contributed by atoms with Crippen LogP contribution < -0.4 is 4.74 Å². The monoisotopic (exact) mass is 275 g/mol. The predicted molar refractivity (Wildman–Crippen MR) is 75.4 cm³/mol. The SMILES string of the molecule is Clc1ccc2c(COc3cccnc3)csc2c1. The number of aromatic nitrogens is 1. The molecule has 0 spiro atoms. The third kappa shape index (κ3) is 2.33. The lowest BCUT2D eigenvalue weighted by atomic mass is 10.2. The second kappa shape index (κ2) is 4.96. The van der Waals surface area contributed by atoms with Crippen LogP contribution in [0, 0.1) is 0 Å². The summed E-state index contributed by atoms with van der Waals surface area (Å²) in [6.45, 7) is 0.549. The molecule has 0 saturated heterocycles. The third-order valence-electron chi connectivity index (χ3n) is 2.65. The van der Waals surface area contributed by atoms with Crippen LogP contribution in [0.3, 0.4) is 0 Å². The minimum Gasteiger partial charge on any atom is -0.487 e. The summed E-state index contributed by atoms with van der Waals surface area (Å²) in [6, 6.07) is 9.69. The largest absolute Gasteiger partial charge is 0.487 e. The number of thiophene rings is 1. The molecule has 2 heterocycles. The van der Waals surface area contributed by atoms with Crippen LogP contribution in [0.2, 0.25) is 5.02 Å². The number of hydrogen-bond acceptors (Lipinski definition) is 3. The van der Waals surface area contributed by atoms with Crippen molar-refractivity contribution in [3.8, 4) is 5.75 Å². The van der Waals surface area contributed by atoms with Crippen molar-refractivity contribution in [2.45, 2.75) is 6.61 Å². The van der Waals surface area contributed by atoms with Crippen LogP contribution in [0.5, 0.6) is 5.75 Å². The van der Waals surface area contributed by atoms with Crippen LogP contribution in [0.1, 0.15) is 5.56 Å². The fraction of sp³-hybridized carbons (Fsp3) is 0.0714. The van der Waals surface area contributed by atoms with E-state index in [4.69, 9.17) is 16.3 Å². The zero-order valence-electron chi connectivity index (χ0n) is 9.47. The van der Waals surface area contributed by atoms with Gasteiger partial charge in [-0.05, 0) is 35.0 Å². The summed E-state index contributed by atoms with van der Waals surface area (Å²) in [4.78, 5) is 4.02. The number of fused-ring (bicyclic) bond motifs is 1. The Hall–Kier alpha value is -1.58. The molecule has 2 aromatic heterocycles. The average molecular weight is 276 g/mol. The molecule has 0 unspecified atom stereocenters. The van der Waals surface area contributed by atoms with Gasteiger partial charge in [-0.3, -0.25) is 4.98 Å². The van der Waals surface area contributed by atoms with E-state index in [1.807, 2.05) is 30.3 Å². The second-order valence-corrected chi connectivity index (χ2v) is 5.23. The molecule has 0 atom stereocenters. The first-order valence-corrected chi connectivity index (χ1v) is 6.77. The molecular weight excluding hydrogens is 266 g/mol. The highest BCUT2D eigenvalue weighted by Crippen LogP contribution is 2.29. The number of benzene rings is 1. The fourth-order valence-electron chi connectivity index (χ4n) is 1.76. The van der Waals surface area contributed by atoms with Crippen molar-refractivity contribution in [2.24, 2.45) is 0 Å². The van der Waals surface area contributed by atoms with Gasteiger partial charge in [-0.2, -0.15) is 0 Å². The molecule has 0 amide bonds. The highest BCUT2D eigenvalue weighted by atomic mass is 35.5. The quantitative estimate of drug-likeness (QED) is 0.701. The van der Waals surface area contributed by atoms with E-state index in [1.165, 1.54) is 15.6 Å². The van der Waals surface area contributed by atoms with Crippen LogP contribution in [0.4, 0.5) is 0 Å². The lowest BCUT2D eigenvalue weighted by Crippen LogP contribution is -1.94. The standard InChI is InChI=1S/C14H10ClNOS/c15-11-3-4-13-10(9-18-14(13)6-11)8-17-12-2-1-5-16-7-12/h1-7,9H,8H2. The van der Waals surface area contributed by atoms with E-state index >= 15 is 0 Å². The van der Waals surface area contributed by atoms with Crippen molar-refractivity contribution in [3.63, 3.8) is 0 Å². The summed E-state index contributed by atoms with van der Waals surface area (Å²) >= 11 is 7.65. The van der Waals surface area contributed by atoms with Crippen LogP contribution in [-0.4, -0.2) is 4.98 Å². The van der Waals surface area contributed by atoms with Gasteiger partial charge in [0.2, 0.25) is 0 Å². The topological polar surface area (TPSA) is 22.1 Å². The molecule has 0 N–H and O–H groups in total. The molecule has 90 valence electrons. The fourth-order valence-corrected chi connectivity index (χ4v) is 2.98. The first-order valence-electron chi connectivity index (χ1n) is 5.51. The molecule has 2 nitrogen and oxygen atoms in total. The Labute approximate surface area is 114 Å². The van der Waals surface area contributed by atoms with Crippen molar-refractivity contribution in [3.05, 3.63) is 58.7 Å². The van der Waals surface area contributed by atoms with Crippen LogP contribution in [0.25, 0.3) is 10.1 Å². The van der Waals surface area contributed by atoms with Gasteiger partial charge in [-0.1, -0.05) is 17.7 Å². The Kier molecular flexibility index (Phi) is 3.17. The third-order valence-corrected chi connectivity index (χ3v) is 3.88. The van der Waals surface area contributed by atoms with E-state index in [2.05, 4.69) is 10.4 Å². The molecule has 0 bridgehead atoms. The normalized spacial score (nSPS) is 10.7. The smallest absolute Gasteiger partial charge is 0.138 e. The first-order chi connectivity index (χ1) is 8.83. The van der Waals surface area contributed by atoms with E-state index < -0.39 is 0 Å². The number of halogens is 1. The van der Waals surface area contributed by atoms with E-state index in [0.29, 0.717) is 6.61 Å². The van der Waals surface area contributed by atoms with Gasteiger partial charge in [0.1, 0.15) is 12.4 Å². The van der Waals surface area contributed by atoms with Gasteiger partial charge in [0.25, 0.3) is 0 Å². The Morgan fingerprint density at radius 1 is 1.28 bits per heavy atom. The Balaban J connectivity index is 1.83. The van der Waals surface area contributed by atoms with Gasteiger partial charge < -0.3 is 4.74 Å². The van der Waals surface area contributed by atoms with Crippen molar-refractivity contribution in [2.75, 3.05) is 0 Å². The lowest BCUT2D eigenvalue weighted by molar-refractivity contribution is 0.307. The highest BCUT2D eigenvalue weighted by molar-refractivity contribution is 7.17. The Morgan fingerprint density at radius 3 is 3.06 bits per heavy atom. The molecule has 18 heavy (non-hydrogen) atoms. The van der Waals surface area contributed by atoms with Gasteiger partial charge in [-0.15, -0.1) is 11.3 Å². The van der Waals surface area contributed by atoms with Crippen molar-refractivity contribution >= 4 is 33.0 Å². The van der Waals surface area contributed by atoms with E-state index in [9.17, 15) is 0 Å². The van der Waals surface area contributed by atoms with Gasteiger partial charge in [0, 0.05) is 21.5 Å². The summed E-state index contributed by atoms with van der Waals surface area (Å²) in [5, 5.41) is 4.08. The second-order valence-electron chi connectivity index (χ2n) is 3.88.